The standard InChI is InChI=1S/C16H21ClIN3/c1-11-9-13(6-8-20(11)2)21-15-4-3-12(18)10-14(15)19-16(21)5-7-17/h3-4,10-11,13H,5-9H2,1-2H3. The summed E-state index contributed by atoms with van der Waals surface area (Å²) >= 11 is 8.34. The lowest BCUT2D eigenvalue weighted by Gasteiger charge is -2.36. The Morgan fingerprint density at radius 1 is 1.43 bits per heavy atom. The molecule has 0 aliphatic carbocycles. The number of nitrogens with zero attached hydrogens (tertiary/aromatic N) is 3. The van der Waals surface area contributed by atoms with Crippen LogP contribution in [-0.2, 0) is 6.42 Å². The van der Waals surface area contributed by atoms with Gasteiger partial charge in [-0.3, -0.25) is 0 Å². The molecule has 0 radical (unpaired) electrons. The third-order valence-electron chi connectivity index (χ3n) is 4.59. The van der Waals surface area contributed by atoms with Crippen molar-refractivity contribution in [3.05, 3.63) is 27.6 Å². The largest absolute Gasteiger partial charge is 0.325 e. The molecule has 3 rings (SSSR count). The number of aromatic nitrogens is 2. The zero-order chi connectivity index (χ0) is 15.0. The van der Waals surface area contributed by atoms with Crippen molar-refractivity contribution in [1.82, 2.24) is 14.5 Å². The van der Waals surface area contributed by atoms with E-state index in [0.717, 1.165) is 24.3 Å². The fraction of sp³-hybridized carbons (Fsp3) is 0.562. The lowest BCUT2D eigenvalue weighted by molar-refractivity contribution is 0.157. The highest BCUT2D eigenvalue weighted by Crippen LogP contribution is 2.31. The van der Waals surface area contributed by atoms with Crippen molar-refractivity contribution in [1.29, 1.82) is 0 Å². The molecule has 114 valence electrons. The van der Waals surface area contributed by atoms with Gasteiger partial charge in [0.1, 0.15) is 5.82 Å². The van der Waals surface area contributed by atoms with Crippen molar-refractivity contribution in [2.45, 2.75) is 38.3 Å². The molecule has 0 spiro atoms. The van der Waals surface area contributed by atoms with Crippen LogP contribution in [-0.4, -0.2) is 40.0 Å². The fourth-order valence-electron chi connectivity index (χ4n) is 3.29. The highest BCUT2D eigenvalue weighted by atomic mass is 127. The number of likely N-dealkylation sites (tertiary alicyclic amines) is 1. The van der Waals surface area contributed by atoms with E-state index in [-0.39, 0.29) is 0 Å². The Morgan fingerprint density at radius 3 is 2.95 bits per heavy atom. The highest BCUT2D eigenvalue weighted by molar-refractivity contribution is 14.1. The first kappa shape index (κ1) is 15.6. The van der Waals surface area contributed by atoms with Gasteiger partial charge in [-0.15, -0.1) is 11.6 Å². The van der Waals surface area contributed by atoms with Crippen molar-refractivity contribution in [3.63, 3.8) is 0 Å². The zero-order valence-electron chi connectivity index (χ0n) is 12.5. The molecule has 2 heterocycles. The minimum Gasteiger partial charge on any atom is -0.325 e. The first-order valence-electron chi connectivity index (χ1n) is 7.52. The monoisotopic (exact) mass is 417 g/mol. The molecule has 0 bridgehead atoms. The molecule has 1 aliphatic rings. The number of aryl methyl sites for hydroxylation is 1. The number of imidazole rings is 1. The second-order valence-corrected chi connectivity index (χ2v) is 7.60. The smallest absolute Gasteiger partial charge is 0.111 e. The van der Waals surface area contributed by atoms with Crippen LogP contribution in [0, 0.1) is 3.57 Å². The minimum absolute atomic E-state index is 0.541. The van der Waals surface area contributed by atoms with Crippen molar-refractivity contribution in [3.8, 4) is 0 Å². The summed E-state index contributed by atoms with van der Waals surface area (Å²) in [6.45, 7) is 3.46. The number of fused-ring (bicyclic) bond motifs is 1. The summed E-state index contributed by atoms with van der Waals surface area (Å²) in [6, 6.07) is 7.71. The van der Waals surface area contributed by atoms with E-state index in [9.17, 15) is 0 Å². The van der Waals surface area contributed by atoms with Crippen LogP contribution in [0.3, 0.4) is 0 Å². The van der Waals surface area contributed by atoms with Gasteiger partial charge in [0.2, 0.25) is 0 Å². The summed E-state index contributed by atoms with van der Waals surface area (Å²) < 4.78 is 3.69. The van der Waals surface area contributed by atoms with Gasteiger partial charge < -0.3 is 9.47 Å². The molecular weight excluding hydrogens is 397 g/mol. The Kier molecular flexibility index (Phi) is 4.76. The van der Waals surface area contributed by atoms with Crippen LogP contribution >= 0.6 is 34.2 Å². The molecule has 1 saturated heterocycles. The molecule has 2 unspecified atom stereocenters. The molecule has 0 saturated carbocycles. The SMILES string of the molecule is CC1CC(n2c(CCCl)nc3cc(I)ccc32)CCN1C. The maximum atomic E-state index is 5.99. The van der Waals surface area contributed by atoms with Crippen LogP contribution in [0.4, 0.5) is 0 Å². The van der Waals surface area contributed by atoms with Crippen molar-refractivity contribution >= 4 is 45.2 Å². The van der Waals surface area contributed by atoms with E-state index in [2.05, 4.69) is 64.2 Å². The van der Waals surface area contributed by atoms with Crippen molar-refractivity contribution < 1.29 is 0 Å². The van der Waals surface area contributed by atoms with E-state index < -0.39 is 0 Å². The Labute approximate surface area is 144 Å². The van der Waals surface area contributed by atoms with E-state index in [4.69, 9.17) is 16.6 Å². The molecule has 1 fully saturated rings. The van der Waals surface area contributed by atoms with Crippen LogP contribution in [0.1, 0.15) is 31.6 Å². The van der Waals surface area contributed by atoms with Gasteiger partial charge in [0.15, 0.2) is 0 Å². The summed E-state index contributed by atoms with van der Waals surface area (Å²) in [5.41, 5.74) is 2.37. The van der Waals surface area contributed by atoms with Crippen molar-refractivity contribution in [2.75, 3.05) is 19.5 Å². The quantitative estimate of drug-likeness (QED) is 0.554. The summed E-state index contributed by atoms with van der Waals surface area (Å²) in [6.07, 6.45) is 3.21. The van der Waals surface area contributed by atoms with E-state index in [0.29, 0.717) is 18.0 Å². The highest BCUT2D eigenvalue weighted by Gasteiger charge is 2.26. The molecule has 1 aromatic carbocycles. The molecule has 0 N–H and O–H groups in total. The molecular formula is C16H21ClIN3. The van der Waals surface area contributed by atoms with Crippen LogP contribution < -0.4 is 0 Å². The first-order valence-corrected chi connectivity index (χ1v) is 9.14. The zero-order valence-corrected chi connectivity index (χ0v) is 15.4. The third kappa shape index (κ3) is 3.08. The number of piperidine rings is 1. The third-order valence-corrected chi connectivity index (χ3v) is 5.45. The number of benzene rings is 1. The van der Waals surface area contributed by atoms with Gasteiger partial charge in [-0.2, -0.15) is 0 Å². The van der Waals surface area contributed by atoms with E-state index in [1.54, 1.807) is 0 Å². The molecule has 3 nitrogen and oxygen atoms in total. The summed E-state index contributed by atoms with van der Waals surface area (Å²) in [5.74, 6) is 1.77. The van der Waals surface area contributed by atoms with Gasteiger partial charge in [0.25, 0.3) is 0 Å². The average molecular weight is 418 g/mol. The van der Waals surface area contributed by atoms with Gasteiger partial charge in [-0.25, -0.2) is 4.98 Å². The van der Waals surface area contributed by atoms with Gasteiger partial charge in [0.05, 0.1) is 11.0 Å². The number of hydrogen-bond donors (Lipinski definition) is 0. The van der Waals surface area contributed by atoms with E-state index in [1.807, 2.05) is 0 Å². The molecule has 1 aliphatic heterocycles. The second kappa shape index (κ2) is 6.42. The summed E-state index contributed by atoms with van der Waals surface area (Å²) in [5, 5.41) is 0. The number of rotatable bonds is 3. The maximum absolute atomic E-state index is 5.99. The number of hydrogen-bond acceptors (Lipinski definition) is 2. The number of halogens is 2. The number of alkyl halides is 1. The lowest BCUT2D eigenvalue weighted by Crippen LogP contribution is -2.38. The molecule has 2 aromatic rings. The van der Waals surface area contributed by atoms with E-state index >= 15 is 0 Å². The topological polar surface area (TPSA) is 21.1 Å². The Balaban J connectivity index is 2.04. The average Bonchev–Trinajstić information content (AvgIpc) is 2.79. The second-order valence-electron chi connectivity index (χ2n) is 5.98. The van der Waals surface area contributed by atoms with Crippen LogP contribution in [0.2, 0.25) is 0 Å². The van der Waals surface area contributed by atoms with Gasteiger partial charge >= 0.3 is 0 Å². The first-order chi connectivity index (χ1) is 10.1. The molecule has 1 aromatic heterocycles. The minimum atomic E-state index is 0.541. The predicted octanol–water partition coefficient (Wildman–Crippen LogP) is 4.08. The van der Waals surface area contributed by atoms with Crippen LogP contribution in [0.5, 0.6) is 0 Å². The van der Waals surface area contributed by atoms with Gasteiger partial charge in [0, 0.05) is 34.5 Å². The van der Waals surface area contributed by atoms with Crippen LogP contribution in [0.15, 0.2) is 18.2 Å². The maximum Gasteiger partial charge on any atom is 0.111 e. The molecule has 21 heavy (non-hydrogen) atoms. The normalized spacial score (nSPS) is 23.8. The molecule has 5 heteroatoms. The Hall–Kier alpha value is -0.330. The molecule has 2 atom stereocenters. The van der Waals surface area contributed by atoms with Gasteiger partial charge in [-0.1, -0.05) is 0 Å². The lowest BCUT2D eigenvalue weighted by atomic mass is 9.98. The summed E-state index contributed by atoms with van der Waals surface area (Å²) in [7, 11) is 2.22. The van der Waals surface area contributed by atoms with Crippen LogP contribution in [0.25, 0.3) is 11.0 Å². The predicted molar refractivity (Wildman–Crippen MR) is 97.2 cm³/mol. The van der Waals surface area contributed by atoms with Crippen molar-refractivity contribution in [2.24, 2.45) is 0 Å². The molecule has 0 amide bonds. The summed E-state index contributed by atoms with van der Waals surface area (Å²) in [4.78, 5) is 7.29. The van der Waals surface area contributed by atoms with E-state index in [1.165, 1.54) is 21.9 Å². The van der Waals surface area contributed by atoms with Gasteiger partial charge in [-0.05, 0) is 67.6 Å². The Bertz CT molecular complexity index is 640. The fourth-order valence-corrected chi connectivity index (χ4v) is 3.93. The Morgan fingerprint density at radius 2 is 2.24 bits per heavy atom.